The van der Waals surface area contributed by atoms with Crippen LogP contribution in [0.1, 0.15) is 15.9 Å². The molecule has 0 aliphatic heterocycles. The summed E-state index contributed by atoms with van der Waals surface area (Å²) in [5, 5.41) is 0.880. The third-order valence-corrected chi connectivity index (χ3v) is 3.73. The molecule has 3 aromatic rings. The number of fused-ring (bicyclic) bond motifs is 1. The second-order valence-corrected chi connectivity index (χ2v) is 5.22. The Morgan fingerprint density at radius 1 is 1.10 bits per heavy atom. The van der Waals surface area contributed by atoms with Crippen LogP contribution in [-0.4, -0.2) is 10.8 Å². The molecular formula is C16H9BrFNO. The maximum absolute atomic E-state index is 13.3. The molecule has 0 saturated carbocycles. The summed E-state index contributed by atoms with van der Waals surface area (Å²) in [6, 6.07) is 13.0. The van der Waals surface area contributed by atoms with Crippen molar-refractivity contribution in [2.75, 3.05) is 0 Å². The number of hydrogen-bond donors (Lipinski definition) is 0. The number of benzene rings is 2. The van der Waals surface area contributed by atoms with E-state index in [4.69, 9.17) is 0 Å². The number of carbonyl (C=O) groups excluding carboxylic acids is 1. The lowest BCUT2D eigenvalue weighted by Gasteiger charge is -2.05. The lowest BCUT2D eigenvalue weighted by atomic mass is 10.0. The minimum absolute atomic E-state index is 0.220. The van der Waals surface area contributed by atoms with Gasteiger partial charge in [-0.3, -0.25) is 9.78 Å². The minimum Gasteiger partial charge on any atom is -0.289 e. The van der Waals surface area contributed by atoms with Crippen LogP contribution in [0.3, 0.4) is 0 Å². The molecule has 0 aliphatic carbocycles. The molecule has 0 aliphatic rings. The molecular weight excluding hydrogens is 321 g/mol. The van der Waals surface area contributed by atoms with Gasteiger partial charge < -0.3 is 0 Å². The second-order valence-electron chi connectivity index (χ2n) is 4.36. The molecule has 0 bridgehead atoms. The van der Waals surface area contributed by atoms with Crippen LogP contribution in [0.15, 0.2) is 59.2 Å². The van der Waals surface area contributed by atoms with Gasteiger partial charge in [-0.15, -0.1) is 0 Å². The van der Waals surface area contributed by atoms with Crippen LogP contribution >= 0.6 is 15.9 Å². The van der Waals surface area contributed by atoms with Gasteiger partial charge in [0.25, 0.3) is 0 Å². The third-order valence-electron chi connectivity index (χ3n) is 3.04. The van der Waals surface area contributed by atoms with Crippen LogP contribution in [0.25, 0.3) is 10.9 Å². The molecule has 2 nitrogen and oxygen atoms in total. The van der Waals surface area contributed by atoms with E-state index in [2.05, 4.69) is 20.9 Å². The fourth-order valence-corrected chi connectivity index (χ4v) is 2.47. The number of carbonyl (C=O) groups is 1. The topological polar surface area (TPSA) is 30.0 Å². The van der Waals surface area contributed by atoms with Crippen LogP contribution in [0.5, 0.6) is 0 Å². The summed E-state index contributed by atoms with van der Waals surface area (Å²) < 4.78 is 13.9. The molecule has 0 radical (unpaired) electrons. The van der Waals surface area contributed by atoms with E-state index in [0.29, 0.717) is 15.6 Å². The van der Waals surface area contributed by atoms with E-state index in [1.54, 1.807) is 24.4 Å². The van der Waals surface area contributed by atoms with Gasteiger partial charge in [-0.05, 0) is 42.5 Å². The van der Waals surface area contributed by atoms with Gasteiger partial charge in [0.15, 0.2) is 5.78 Å². The Balaban J connectivity index is 2.10. The molecule has 3 rings (SSSR count). The molecule has 0 fully saturated rings. The van der Waals surface area contributed by atoms with Gasteiger partial charge in [0, 0.05) is 27.2 Å². The minimum atomic E-state index is -0.431. The zero-order chi connectivity index (χ0) is 14.1. The predicted molar refractivity (Wildman–Crippen MR) is 79.3 cm³/mol. The van der Waals surface area contributed by atoms with E-state index in [-0.39, 0.29) is 5.78 Å². The van der Waals surface area contributed by atoms with E-state index in [1.807, 2.05) is 12.1 Å². The van der Waals surface area contributed by atoms with Gasteiger partial charge in [-0.2, -0.15) is 0 Å². The summed E-state index contributed by atoms with van der Waals surface area (Å²) in [6.07, 6.45) is 1.70. The summed E-state index contributed by atoms with van der Waals surface area (Å²) in [5.74, 6) is -0.652. The monoisotopic (exact) mass is 329 g/mol. The number of aromatic nitrogens is 1. The molecule has 0 saturated heterocycles. The van der Waals surface area contributed by atoms with E-state index >= 15 is 0 Å². The maximum Gasteiger partial charge on any atom is 0.194 e. The van der Waals surface area contributed by atoms with Gasteiger partial charge >= 0.3 is 0 Å². The summed E-state index contributed by atoms with van der Waals surface area (Å²) in [4.78, 5) is 16.7. The first-order chi connectivity index (χ1) is 9.65. The number of hydrogen-bond acceptors (Lipinski definition) is 2. The lowest BCUT2D eigenvalue weighted by molar-refractivity contribution is 0.103. The maximum atomic E-state index is 13.3. The molecule has 4 heteroatoms. The highest BCUT2D eigenvalue weighted by Gasteiger charge is 2.14. The molecule has 0 N–H and O–H groups in total. The zero-order valence-corrected chi connectivity index (χ0v) is 11.9. The van der Waals surface area contributed by atoms with E-state index in [1.165, 1.54) is 18.2 Å². The molecule has 0 unspecified atom stereocenters. The van der Waals surface area contributed by atoms with Crippen molar-refractivity contribution >= 4 is 32.6 Å². The van der Waals surface area contributed by atoms with E-state index in [0.717, 1.165) is 10.9 Å². The second kappa shape index (κ2) is 5.13. The van der Waals surface area contributed by atoms with Crippen molar-refractivity contribution in [1.82, 2.24) is 4.98 Å². The van der Waals surface area contributed by atoms with Gasteiger partial charge in [0.2, 0.25) is 0 Å². The van der Waals surface area contributed by atoms with Gasteiger partial charge in [0.1, 0.15) is 5.82 Å². The first-order valence-electron chi connectivity index (χ1n) is 6.00. The fraction of sp³-hybridized carbons (Fsp3) is 0. The van der Waals surface area contributed by atoms with Crippen molar-refractivity contribution in [2.45, 2.75) is 0 Å². The van der Waals surface area contributed by atoms with Gasteiger partial charge in [-0.25, -0.2) is 4.39 Å². The Morgan fingerprint density at radius 3 is 2.80 bits per heavy atom. The van der Waals surface area contributed by atoms with Gasteiger partial charge in [-0.1, -0.05) is 22.0 Å². The first kappa shape index (κ1) is 12.9. The Labute approximate surface area is 123 Å². The fourth-order valence-electron chi connectivity index (χ4n) is 2.04. The zero-order valence-electron chi connectivity index (χ0n) is 10.3. The standard InChI is InChI=1S/C16H9BrFNO/c17-14-5-4-12(18)9-13(14)16(20)11-3-6-15-10(8-11)2-1-7-19-15/h1-9H. The Hall–Kier alpha value is -2.07. The summed E-state index contributed by atoms with van der Waals surface area (Å²) in [6.45, 7) is 0. The average Bonchev–Trinajstić information content (AvgIpc) is 2.48. The smallest absolute Gasteiger partial charge is 0.194 e. The molecule has 20 heavy (non-hydrogen) atoms. The van der Waals surface area contributed by atoms with E-state index < -0.39 is 5.82 Å². The van der Waals surface area contributed by atoms with Crippen LogP contribution in [0.2, 0.25) is 0 Å². The number of rotatable bonds is 2. The Bertz CT molecular complexity index is 816. The Morgan fingerprint density at radius 2 is 1.95 bits per heavy atom. The summed E-state index contributed by atoms with van der Waals surface area (Å²) >= 11 is 3.28. The first-order valence-corrected chi connectivity index (χ1v) is 6.79. The number of ketones is 1. The predicted octanol–water partition coefficient (Wildman–Crippen LogP) is 4.37. The number of halogens is 2. The third kappa shape index (κ3) is 2.34. The van der Waals surface area contributed by atoms with Crippen molar-refractivity contribution in [1.29, 1.82) is 0 Å². The molecule has 1 aromatic heterocycles. The van der Waals surface area contributed by atoms with Crippen molar-refractivity contribution in [2.24, 2.45) is 0 Å². The quantitative estimate of drug-likeness (QED) is 0.653. The molecule has 0 spiro atoms. The van der Waals surface area contributed by atoms with Crippen LogP contribution in [-0.2, 0) is 0 Å². The lowest BCUT2D eigenvalue weighted by Crippen LogP contribution is -2.03. The normalized spacial score (nSPS) is 10.7. The van der Waals surface area contributed by atoms with Crippen molar-refractivity contribution in [3.8, 4) is 0 Å². The van der Waals surface area contributed by atoms with Crippen molar-refractivity contribution in [3.05, 3.63) is 76.1 Å². The largest absolute Gasteiger partial charge is 0.289 e. The van der Waals surface area contributed by atoms with Crippen LogP contribution < -0.4 is 0 Å². The number of nitrogens with zero attached hydrogens (tertiary/aromatic N) is 1. The SMILES string of the molecule is O=C(c1ccc2ncccc2c1)c1cc(F)ccc1Br. The molecule has 0 atom stereocenters. The summed E-state index contributed by atoms with van der Waals surface area (Å²) in [5.41, 5.74) is 1.65. The highest BCUT2D eigenvalue weighted by Crippen LogP contribution is 2.23. The molecule has 2 aromatic carbocycles. The molecule has 98 valence electrons. The highest BCUT2D eigenvalue weighted by atomic mass is 79.9. The highest BCUT2D eigenvalue weighted by molar-refractivity contribution is 9.10. The van der Waals surface area contributed by atoms with Crippen molar-refractivity contribution in [3.63, 3.8) is 0 Å². The summed E-state index contributed by atoms with van der Waals surface area (Å²) in [7, 11) is 0. The number of pyridine rings is 1. The van der Waals surface area contributed by atoms with E-state index in [9.17, 15) is 9.18 Å². The van der Waals surface area contributed by atoms with Crippen LogP contribution in [0.4, 0.5) is 4.39 Å². The molecule has 1 heterocycles. The molecule has 0 amide bonds. The Kier molecular flexibility index (Phi) is 3.32. The van der Waals surface area contributed by atoms with Crippen molar-refractivity contribution < 1.29 is 9.18 Å². The van der Waals surface area contributed by atoms with Gasteiger partial charge in [0.05, 0.1) is 5.52 Å². The van der Waals surface area contributed by atoms with Crippen LogP contribution in [0, 0.1) is 5.82 Å². The average molecular weight is 330 g/mol.